The Morgan fingerprint density at radius 1 is 1.10 bits per heavy atom. The van der Waals surface area contributed by atoms with Crippen molar-refractivity contribution >= 4 is 15.9 Å². The third-order valence-corrected chi connectivity index (χ3v) is 4.00. The van der Waals surface area contributed by atoms with E-state index in [9.17, 15) is 4.39 Å². The van der Waals surface area contributed by atoms with Gasteiger partial charge in [-0.2, -0.15) is 0 Å². The van der Waals surface area contributed by atoms with Crippen molar-refractivity contribution in [1.29, 1.82) is 0 Å². The second-order valence-electron chi connectivity index (χ2n) is 5.60. The Balaban J connectivity index is 2.11. The molecule has 3 heteroatoms. The maximum atomic E-state index is 13.5. The van der Waals surface area contributed by atoms with E-state index >= 15 is 0 Å². The highest BCUT2D eigenvalue weighted by atomic mass is 79.9. The molecule has 0 fully saturated rings. The van der Waals surface area contributed by atoms with Gasteiger partial charge in [0.05, 0.1) is 0 Å². The van der Waals surface area contributed by atoms with Crippen LogP contribution in [0.3, 0.4) is 0 Å². The van der Waals surface area contributed by atoms with Gasteiger partial charge in [0.2, 0.25) is 0 Å². The summed E-state index contributed by atoms with van der Waals surface area (Å²) in [5.74, 6) is 0.267. The summed E-state index contributed by atoms with van der Waals surface area (Å²) in [6.45, 7) is 3.03. The van der Waals surface area contributed by atoms with Gasteiger partial charge in [-0.3, -0.25) is 0 Å². The number of nitrogens with one attached hydrogen (secondary N) is 1. The Hall–Kier alpha value is -1.19. The molecule has 0 aromatic heterocycles. The lowest BCUT2D eigenvalue weighted by molar-refractivity contribution is 0.491. The van der Waals surface area contributed by atoms with E-state index in [2.05, 4.69) is 52.4 Å². The molecule has 0 aliphatic rings. The lowest BCUT2D eigenvalue weighted by atomic mass is 9.92. The molecule has 0 saturated heterocycles. The predicted octanol–water partition coefficient (Wildman–Crippen LogP) is 4.52. The summed E-state index contributed by atoms with van der Waals surface area (Å²) in [7, 11) is 1.96. The lowest BCUT2D eigenvalue weighted by Gasteiger charge is -2.17. The van der Waals surface area contributed by atoms with E-state index in [1.165, 1.54) is 17.2 Å². The van der Waals surface area contributed by atoms with Crippen LogP contribution in [-0.2, 0) is 12.8 Å². The van der Waals surface area contributed by atoms with Crippen LogP contribution in [0, 0.1) is 18.7 Å². The van der Waals surface area contributed by atoms with Gasteiger partial charge in [-0.1, -0.05) is 45.8 Å². The van der Waals surface area contributed by atoms with Crippen LogP contribution in [0.2, 0.25) is 0 Å². The van der Waals surface area contributed by atoms with E-state index in [1.807, 2.05) is 13.1 Å². The lowest BCUT2D eigenvalue weighted by Crippen LogP contribution is -2.22. The molecule has 2 aromatic rings. The molecule has 1 atom stereocenters. The van der Waals surface area contributed by atoms with Gasteiger partial charge in [0.1, 0.15) is 5.82 Å². The van der Waals surface area contributed by atoms with Gasteiger partial charge in [-0.05, 0) is 68.6 Å². The van der Waals surface area contributed by atoms with E-state index in [4.69, 9.17) is 0 Å². The highest BCUT2D eigenvalue weighted by Crippen LogP contribution is 2.20. The Morgan fingerprint density at radius 3 is 2.52 bits per heavy atom. The molecule has 1 N–H and O–H groups in total. The van der Waals surface area contributed by atoms with E-state index < -0.39 is 0 Å². The van der Waals surface area contributed by atoms with Crippen molar-refractivity contribution in [2.75, 3.05) is 13.6 Å². The van der Waals surface area contributed by atoms with Crippen molar-refractivity contribution in [3.05, 3.63) is 69.4 Å². The van der Waals surface area contributed by atoms with Gasteiger partial charge in [-0.25, -0.2) is 4.39 Å². The van der Waals surface area contributed by atoms with Crippen LogP contribution in [0.4, 0.5) is 4.39 Å². The third-order valence-electron chi connectivity index (χ3n) is 3.55. The minimum atomic E-state index is -0.182. The number of hydrogen-bond donors (Lipinski definition) is 1. The molecule has 0 heterocycles. The maximum absolute atomic E-state index is 13.5. The Bertz CT molecular complexity index is 577. The summed E-state index contributed by atoms with van der Waals surface area (Å²) >= 11 is 3.36. The van der Waals surface area contributed by atoms with Gasteiger partial charge < -0.3 is 5.32 Å². The van der Waals surface area contributed by atoms with Crippen LogP contribution in [0.25, 0.3) is 0 Å². The van der Waals surface area contributed by atoms with Crippen molar-refractivity contribution in [3.63, 3.8) is 0 Å². The molecule has 0 amide bonds. The molecule has 0 aliphatic heterocycles. The Labute approximate surface area is 134 Å². The first-order valence-corrected chi connectivity index (χ1v) is 8.01. The molecule has 0 radical (unpaired) electrons. The van der Waals surface area contributed by atoms with E-state index in [0.29, 0.717) is 5.92 Å². The van der Waals surface area contributed by atoms with Gasteiger partial charge in [0, 0.05) is 4.47 Å². The van der Waals surface area contributed by atoms with Gasteiger partial charge in [0.15, 0.2) is 0 Å². The maximum Gasteiger partial charge on any atom is 0.124 e. The van der Waals surface area contributed by atoms with Crippen molar-refractivity contribution in [1.82, 2.24) is 5.32 Å². The first-order chi connectivity index (χ1) is 10.1. The largest absolute Gasteiger partial charge is 0.319 e. The second-order valence-corrected chi connectivity index (χ2v) is 6.51. The van der Waals surface area contributed by atoms with E-state index in [1.54, 1.807) is 6.07 Å². The number of benzene rings is 2. The fraction of sp³-hybridized carbons (Fsp3) is 0.333. The van der Waals surface area contributed by atoms with E-state index in [0.717, 1.165) is 29.4 Å². The number of hydrogen-bond acceptors (Lipinski definition) is 1. The smallest absolute Gasteiger partial charge is 0.124 e. The first-order valence-electron chi connectivity index (χ1n) is 7.22. The normalized spacial score (nSPS) is 12.4. The van der Waals surface area contributed by atoms with Gasteiger partial charge in [0.25, 0.3) is 0 Å². The molecule has 0 bridgehead atoms. The van der Waals surface area contributed by atoms with Crippen molar-refractivity contribution < 1.29 is 4.39 Å². The molecule has 2 aromatic carbocycles. The molecule has 0 saturated carbocycles. The summed E-state index contributed by atoms with van der Waals surface area (Å²) in [6, 6.07) is 13.7. The topological polar surface area (TPSA) is 12.0 Å². The Kier molecular flexibility index (Phi) is 5.95. The van der Waals surface area contributed by atoms with Crippen LogP contribution >= 0.6 is 15.9 Å². The molecule has 21 heavy (non-hydrogen) atoms. The van der Waals surface area contributed by atoms with Gasteiger partial charge >= 0.3 is 0 Å². The zero-order valence-corrected chi connectivity index (χ0v) is 14.1. The summed E-state index contributed by atoms with van der Waals surface area (Å²) in [5, 5.41) is 3.25. The SMILES string of the molecule is CNCC(Cc1cccc(C)c1)Cc1cc(F)cc(Br)c1. The molecule has 0 spiro atoms. The average Bonchev–Trinajstić information content (AvgIpc) is 2.37. The number of halogens is 2. The molecule has 1 unspecified atom stereocenters. The zero-order valence-electron chi connectivity index (χ0n) is 12.5. The van der Waals surface area contributed by atoms with Crippen LogP contribution < -0.4 is 5.32 Å². The van der Waals surface area contributed by atoms with E-state index in [-0.39, 0.29) is 5.82 Å². The van der Waals surface area contributed by atoms with Crippen molar-refractivity contribution in [2.45, 2.75) is 19.8 Å². The van der Waals surface area contributed by atoms with Crippen molar-refractivity contribution in [2.24, 2.45) is 5.92 Å². The third kappa shape index (κ3) is 5.25. The highest BCUT2D eigenvalue weighted by molar-refractivity contribution is 9.10. The molecular formula is C18H21BrFN. The Morgan fingerprint density at radius 2 is 1.86 bits per heavy atom. The quantitative estimate of drug-likeness (QED) is 0.808. The summed E-state index contributed by atoms with van der Waals surface area (Å²) < 4.78 is 14.3. The van der Waals surface area contributed by atoms with Crippen molar-refractivity contribution in [3.8, 4) is 0 Å². The van der Waals surface area contributed by atoms with Crippen LogP contribution in [-0.4, -0.2) is 13.6 Å². The monoisotopic (exact) mass is 349 g/mol. The molecule has 112 valence electrons. The fourth-order valence-corrected chi connectivity index (χ4v) is 3.25. The number of rotatable bonds is 6. The first kappa shape index (κ1) is 16.2. The number of aryl methyl sites for hydroxylation is 1. The summed E-state index contributed by atoms with van der Waals surface area (Å²) in [4.78, 5) is 0. The highest BCUT2D eigenvalue weighted by Gasteiger charge is 2.11. The van der Waals surface area contributed by atoms with Crippen LogP contribution in [0.1, 0.15) is 16.7 Å². The molecule has 0 aliphatic carbocycles. The second kappa shape index (κ2) is 7.71. The zero-order chi connectivity index (χ0) is 15.2. The summed E-state index contributed by atoms with van der Waals surface area (Å²) in [6.07, 6.45) is 1.86. The predicted molar refractivity (Wildman–Crippen MR) is 90.1 cm³/mol. The van der Waals surface area contributed by atoms with Gasteiger partial charge in [-0.15, -0.1) is 0 Å². The standard InChI is InChI=1S/C18H21BrFN/c1-13-4-3-5-14(6-13)7-16(12-21-2)8-15-9-17(19)11-18(20)10-15/h3-6,9-11,16,21H,7-8,12H2,1-2H3. The molecule has 1 nitrogen and oxygen atoms in total. The fourth-order valence-electron chi connectivity index (χ4n) is 2.74. The molecular weight excluding hydrogens is 329 g/mol. The summed E-state index contributed by atoms with van der Waals surface area (Å²) in [5.41, 5.74) is 3.66. The average molecular weight is 350 g/mol. The van der Waals surface area contributed by atoms with Crippen LogP contribution in [0.15, 0.2) is 46.9 Å². The van der Waals surface area contributed by atoms with Crippen LogP contribution in [0.5, 0.6) is 0 Å². The minimum absolute atomic E-state index is 0.182. The molecule has 2 rings (SSSR count). The minimum Gasteiger partial charge on any atom is -0.319 e.